The average molecular weight is 157 g/mol. The van der Waals surface area contributed by atoms with Gasteiger partial charge in [-0.3, -0.25) is 0 Å². The van der Waals surface area contributed by atoms with Crippen molar-refractivity contribution in [1.82, 2.24) is 0 Å². The Labute approximate surface area is 69.1 Å². The van der Waals surface area contributed by atoms with Gasteiger partial charge in [0.2, 0.25) is 0 Å². The summed E-state index contributed by atoms with van der Waals surface area (Å²) in [7, 11) is 1.77. The van der Waals surface area contributed by atoms with Crippen molar-refractivity contribution in [3.8, 4) is 0 Å². The molecule has 2 heteroatoms. The number of nitrogens with two attached hydrogens (primary N) is 1. The molecule has 0 spiro atoms. The van der Waals surface area contributed by atoms with Gasteiger partial charge in [0.05, 0.1) is 6.10 Å². The Kier molecular flexibility index (Phi) is 2.90. The van der Waals surface area contributed by atoms with Crippen molar-refractivity contribution >= 4 is 0 Å². The highest BCUT2D eigenvalue weighted by Crippen LogP contribution is 2.33. The molecule has 0 aliphatic heterocycles. The van der Waals surface area contributed by atoms with E-state index in [1.54, 1.807) is 7.11 Å². The van der Waals surface area contributed by atoms with Crippen LogP contribution >= 0.6 is 0 Å². The number of ether oxygens (including phenoxy) is 1. The molecule has 11 heavy (non-hydrogen) atoms. The summed E-state index contributed by atoms with van der Waals surface area (Å²) in [6, 6.07) is 0. The van der Waals surface area contributed by atoms with Gasteiger partial charge in [0.15, 0.2) is 0 Å². The lowest BCUT2D eigenvalue weighted by Crippen LogP contribution is -2.47. The minimum atomic E-state index is -0.0104. The predicted molar refractivity (Wildman–Crippen MR) is 46.5 cm³/mol. The van der Waals surface area contributed by atoms with Crippen molar-refractivity contribution in [3.63, 3.8) is 0 Å². The fourth-order valence-electron chi connectivity index (χ4n) is 2.17. The van der Waals surface area contributed by atoms with Gasteiger partial charge in [-0.25, -0.2) is 0 Å². The lowest BCUT2D eigenvalue weighted by molar-refractivity contribution is 0.0511. The molecular formula is C9H19NO. The van der Waals surface area contributed by atoms with Crippen molar-refractivity contribution in [1.29, 1.82) is 0 Å². The van der Waals surface area contributed by atoms with Gasteiger partial charge in [0.1, 0.15) is 0 Å². The normalized spacial score (nSPS) is 37.9. The molecular weight excluding hydrogens is 138 g/mol. The van der Waals surface area contributed by atoms with Crippen LogP contribution < -0.4 is 5.73 Å². The fraction of sp³-hybridized carbons (Fsp3) is 1.00. The van der Waals surface area contributed by atoms with Crippen LogP contribution in [-0.2, 0) is 4.74 Å². The van der Waals surface area contributed by atoms with Crippen LogP contribution in [0.3, 0.4) is 0 Å². The molecule has 1 fully saturated rings. The van der Waals surface area contributed by atoms with Crippen LogP contribution in [0.2, 0.25) is 0 Å². The summed E-state index contributed by atoms with van der Waals surface area (Å²) in [6.45, 7) is 2.18. The lowest BCUT2D eigenvalue weighted by Gasteiger charge is -2.29. The Balaban J connectivity index is 2.51. The van der Waals surface area contributed by atoms with Crippen molar-refractivity contribution < 1.29 is 4.74 Å². The Morgan fingerprint density at radius 2 is 2.36 bits per heavy atom. The third-order valence-electron chi connectivity index (χ3n) is 2.75. The SMILES string of the molecule is CCCC1(N)CCCC1OC. The van der Waals surface area contributed by atoms with Gasteiger partial charge >= 0.3 is 0 Å². The summed E-state index contributed by atoms with van der Waals surface area (Å²) in [6.07, 6.45) is 6.09. The average Bonchev–Trinajstić information content (AvgIpc) is 2.31. The molecule has 2 unspecified atom stereocenters. The third kappa shape index (κ3) is 1.74. The Morgan fingerprint density at radius 1 is 1.64 bits per heavy atom. The molecule has 2 nitrogen and oxygen atoms in total. The summed E-state index contributed by atoms with van der Waals surface area (Å²) in [5.74, 6) is 0. The molecule has 1 aliphatic carbocycles. The third-order valence-corrected chi connectivity index (χ3v) is 2.75. The molecule has 0 aromatic carbocycles. The number of rotatable bonds is 3. The molecule has 1 rings (SSSR count). The molecule has 0 radical (unpaired) electrons. The zero-order valence-electron chi connectivity index (χ0n) is 7.60. The Bertz CT molecular complexity index is 127. The minimum absolute atomic E-state index is 0.0104. The molecule has 0 saturated heterocycles. The highest BCUT2D eigenvalue weighted by Gasteiger charge is 2.38. The Morgan fingerprint density at radius 3 is 2.91 bits per heavy atom. The van der Waals surface area contributed by atoms with Crippen molar-refractivity contribution in [2.75, 3.05) is 7.11 Å². The molecule has 66 valence electrons. The van der Waals surface area contributed by atoms with E-state index < -0.39 is 0 Å². The van der Waals surface area contributed by atoms with E-state index in [1.807, 2.05) is 0 Å². The van der Waals surface area contributed by atoms with Gasteiger partial charge in [-0.15, -0.1) is 0 Å². The van der Waals surface area contributed by atoms with Crippen LogP contribution in [0.5, 0.6) is 0 Å². The maximum atomic E-state index is 6.20. The predicted octanol–water partition coefficient (Wildman–Crippen LogP) is 1.68. The second-order valence-corrected chi connectivity index (χ2v) is 3.60. The monoisotopic (exact) mass is 157 g/mol. The number of methoxy groups -OCH3 is 1. The van der Waals surface area contributed by atoms with Gasteiger partial charge in [0, 0.05) is 12.6 Å². The molecule has 0 heterocycles. The minimum Gasteiger partial charge on any atom is -0.380 e. The Hall–Kier alpha value is -0.0800. The molecule has 0 bridgehead atoms. The zero-order valence-corrected chi connectivity index (χ0v) is 7.60. The number of hydrogen-bond donors (Lipinski definition) is 1. The highest BCUT2D eigenvalue weighted by atomic mass is 16.5. The molecule has 1 aliphatic rings. The van der Waals surface area contributed by atoms with Gasteiger partial charge in [-0.1, -0.05) is 13.3 Å². The van der Waals surface area contributed by atoms with E-state index in [1.165, 1.54) is 6.42 Å². The van der Waals surface area contributed by atoms with Crippen LogP contribution in [0.1, 0.15) is 39.0 Å². The smallest absolute Gasteiger partial charge is 0.0750 e. The molecule has 0 aromatic rings. The molecule has 2 N–H and O–H groups in total. The maximum absolute atomic E-state index is 6.20. The molecule has 1 saturated carbocycles. The standard InChI is InChI=1S/C9H19NO/c1-3-6-9(10)7-4-5-8(9)11-2/h8H,3-7,10H2,1-2H3. The van der Waals surface area contributed by atoms with Crippen LogP contribution in [0, 0.1) is 0 Å². The maximum Gasteiger partial charge on any atom is 0.0750 e. The summed E-state index contributed by atoms with van der Waals surface area (Å²) in [5, 5.41) is 0. The van der Waals surface area contributed by atoms with Crippen LogP contribution in [-0.4, -0.2) is 18.8 Å². The molecule has 2 atom stereocenters. The summed E-state index contributed by atoms with van der Waals surface area (Å²) in [5.41, 5.74) is 6.19. The summed E-state index contributed by atoms with van der Waals surface area (Å²) >= 11 is 0. The first-order valence-corrected chi connectivity index (χ1v) is 4.54. The van der Waals surface area contributed by atoms with E-state index in [4.69, 9.17) is 10.5 Å². The van der Waals surface area contributed by atoms with E-state index >= 15 is 0 Å². The van der Waals surface area contributed by atoms with E-state index in [9.17, 15) is 0 Å². The van der Waals surface area contributed by atoms with E-state index in [2.05, 4.69) is 6.92 Å². The first kappa shape index (κ1) is 9.01. The molecule has 0 aromatic heterocycles. The van der Waals surface area contributed by atoms with Crippen LogP contribution in [0.25, 0.3) is 0 Å². The van der Waals surface area contributed by atoms with Gasteiger partial charge in [-0.2, -0.15) is 0 Å². The van der Waals surface area contributed by atoms with E-state index in [0.717, 1.165) is 25.7 Å². The number of hydrogen-bond acceptors (Lipinski definition) is 2. The van der Waals surface area contributed by atoms with Crippen molar-refractivity contribution in [2.45, 2.75) is 50.7 Å². The first-order chi connectivity index (χ1) is 5.23. The quantitative estimate of drug-likeness (QED) is 0.676. The van der Waals surface area contributed by atoms with Gasteiger partial charge in [-0.05, 0) is 25.7 Å². The second-order valence-electron chi connectivity index (χ2n) is 3.60. The van der Waals surface area contributed by atoms with Gasteiger partial charge in [0.25, 0.3) is 0 Å². The summed E-state index contributed by atoms with van der Waals surface area (Å²) < 4.78 is 5.35. The summed E-state index contributed by atoms with van der Waals surface area (Å²) in [4.78, 5) is 0. The van der Waals surface area contributed by atoms with Crippen LogP contribution in [0.4, 0.5) is 0 Å². The van der Waals surface area contributed by atoms with E-state index in [-0.39, 0.29) is 5.54 Å². The van der Waals surface area contributed by atoms with Crippen molar-refractivity contribution in [2.24, 2.45) is 5.73 Å². The highest BCUT2D eigenvalue weighted by molar-refractivity contribution is 4.97. The largest absolute Gasteiger partial charge is 0.380 e. The van der Waals surface area contributed by atoms with Crippen molar-refractivity contribution in [3.05, 3.63) is 0 Å². The van der Waals surface area contributed by atoms with Gasteiger partial charge < -0.3 is 10.5 Å². The fourth-order valence-corrected chi connectivity index (χ4v) is 2.17. The van der Waals surface area contributed by atoms with Crippen LogP contribution in [0.15, 0.2) is 0 Å². The lowest BCUT2D eigenvalue weighted by atomic mass is 9.91. The zero-order chi connectivity index (χ0) is 8.32. The first-order valence-electron chi connectivity index (χ1n) is 4.54. The van der Waals surface area contributed by atoms with E-state index in [0.29, 0.717) is 6.10 Å². The topological polar surface area (TPSA) is 35.2 Å². The molecule has 0 amide bonds. The second kappa shape index (κ2) is 3.55.